The molecule has 3 nitrogen and oxygen atoms in total. The summed E-state index contributed by atoms with van der Waals surface area (Å²) in [5.41, 5.74) is -1.59. The topological polar surface area (TPSA) is 34.2 Å². The van der Waals surface area contributed by atoms with Crippen LogP contribution < -0.4 is 5.32 Å². The summed E-state index contributed by atoms with van der Waals surface area (Å²) >= 11 is 0. The molecule has 0 spiro atoms. The highest BCUT2D eigenvalue weighted by Crippen LogP contribution is 2.29. The van der Waals surface area contributed by atoms with Crippen LogP contribution in [-0.2, 0) is 4.74 Å². The van der Waals surface area contributed by atoms with Crippen molar-refractivity contribution < 1.29 is 22.3 Å². The lowest BCUT2D eigenvalue weighted by atomic mass is 10.0. The van der Waals surface area contributed by atoms with Crippen molar-refractivity contribution in [3.05, 3.63) is 23.5 Å². The van der Waals surface area contributed by atoms with Crippen LogP contribution in [0.2, 0.25) is 0 Å². The maximum absolute atomic E-state index is 13.3. The summed E-state index contributed by atoms with van der Waals surface area (Å²) in [4.78, 5) is 2.48. The van der Waals surface area contributed by atoms with Gasteiger partial charge in [-0.15, -0.1) is 0 Å². The summed E-state index contributed by atoms with van der Waals surface area (Å²) < 4.78 is 57.4. The van der Waals surface area contributed by atoms with Crippen molar-refractivity contribution in [3.8, 4) is 0 Å². The van der Waals surface area contributed by atoms with Crippen molar-refractivity contribution in [1.29, 1.82) is 0 Å². The molecule has 0 aliphatic carbocycles. The summed E-state index contributed by atoms with van der Waals surface area (Å²) in [6.45, 7) is 2.27. The van der Waals surface area contributed by atoms with Crippen LogP contribution in [0.25, 0.3) is 0 Å². The lowest BCUT2D eigenvalue weighted by molar-refractivity contribution is 0.185. The molecule has 1 unspecified atom stereocenters. The molecule has 1 N–H and O–H groups in total. The van der Waals surface area contributed by atoms with Gasteiger partial charge >= 0.3 is 0 Å². The van der Waals surface area contributed by atoms with Crippen LogP contribution in [-0.4, -0.2) is 23.7 Å². The van der Waals surface area contributed by atoms with Gasteiger partial charge in [-0.05, 0) is 13.3 Å². The van der Waals surface area contributed by atoms with Gasteiger partial charge in [0.05, 0.1) is 12.1 Å². The van der Waals surface area contributed by atoms with E-state index in [1.54, 1.807) is 6.92 Å². The third-order valence-corrected chi connectivity index (χ3v) is 2.64. The Kier molecular flexibility index (Phi) is 2.94. The standard InChI is InChI=1S/C10H10F4N2O/c1-10(2-3-17-4-10)16-7-5(11)8(13)15-9(14)6(7)12/h2-4H2,1H3,(H,15,16). The molecule has 1 saturated heterocycles. The second-order valence-corrected chi connectivity index (χ2v) is 4.18. The van der Waals surface area contributed by atoms with Gasteiger partial charge < -0.3 is 10.1 Å². The SMILES string of the molecule is CC1(Nc2c(F)c(F)nc(F)c2F)CCOC1. The number of halogens is 4. The molecule has 0 amide bonds. The molecule has 1 atom stereocenters. The van der Waals surface area contributed by atoms with Gasteiger partial charge in [-0.1, -0.05) is 0 Å². The highest BCUT2D eigenvalue weighted by Gasteiger charge is 2.33. The Labute approximate surface area is 94.8 Å². The van der Waals surface area contributed by atoms with E-state index in [9.17, 15) is 17.6 Å². The number of rotatable bonds is 2. The molecule has 0 saturated carbocycles. The van der Waals surface area contributed by atoms with Crippen LogP contribution in [0.15, 0.2) is 0 Å². The van der Waals surface area contributed by atoms with Gasteiger partial charge in [-0.25, -0.2) is 0 Å². The van der Waals surface area contributed by atoms with Gasteiger partial charge in [0, 0.05) is 6.61 Å². The van der Waals surface area contributed by atoms with Gasteiger partial charge in [0.15, 0.2) is 0 Å². The minimum Gasteiger partial charge on any atom is -0.379 e. The molecule has 94 valence electrons. The van der Waals surface area contributed by atoms with E-state index in [4.69, 9.17) is 4.74 Å². The van der Waals surface area contributed by atoms with Crippen molar-refractivity contribution in [1.82, 2.24) is 4.98 Å². The number of anilines is 1. The molecule has 7 heteroatoms. The average molecular weight is 250 g/mol. The monoisotopic (exact) mass is 250 g/mol. The third-order valence-electron chi connectivity index (χ3n) is 2.64. The first-order chi connectivity index (χ1) is 7.93. The maximum atomic E-state index is 13.3. The number of nitrogens with zero attached hydrogens (tertiary/aromatic N) is 1. The van der Waals surface area contributed by atoms with Gasteiger partial charge in [-0.2, -0.15) is 22.5 Å². The highest BCUT2D eigenvalue weighted by molar-refractivity contribution is 5.47. The van der Waals surface area contributed by atoms with E-state index < -0.39 is 34.8 Å². The van der Waals surface area contributed by atoms with Crippen molar-refractivity contribution >= 4 is 5.69 Å². The van der Waals surface area contributed by atoms with Gasteiger partial charge in [0.25, 0.3) is 11.9 Å². The molecule has 1 aliphatic rings. The molecular weight excluding hydrogens is 240 g/mol. The second kappa shape index (κ2) is 4.14. The predicted octanol–water partition coefficient (Wildman–Crippen LogP) is 2.23. The van der Waals surface area contributed by atoms with Crippen LogP contribution in [0, 0.1) is 23.5 Å². The smallest absolute Gasteiger partial charge is 0.253 e. The summed E-state index contributed by atoms with van der Waals surface area (Å²) in [6.07, 6.45) is 0.484. The normalized spacial score (nSPS) is 24.1. The fourth-order valence-corrected chi connectivity index (χ4v) is 1.66. The van der Waals surface area contributed by atoms with Crippen molar-refractivity contribution in [3.63, 3.8) is 0 Å². The first-order valence-electron chi connectivity index (χ1n) is 4.99. The first-order valence-corrected chi connectivity index (χ1v) is 4.99. The van der Waals surface area contributed by atoms with E-state index in [-0.39, 0.29) is 6.61 Å². The Bertz CT molecular complexity index is 420. The molecule has 0 aromatic carbocycles. The van der Waals surface area contributed by atoms with Gasteiger partial charge in [0.1, 0.15) is 5.69 Å². The number of nitrogens with one attached hydrogen (secondary N) is 1. The molecular formula is C10H10F4N2O. The highest BCUT2D eigenvalue weighted by atomic mass is 19.2. The van der Waals surface area contributed by atoms with Crippen molar-refractivity contribution in [2.75, 3.05) is 18.5 Å². The number of hydrogen-bond donors (Lipinski definition) is 1. The fraction of sp³-hybridized carbons (Fsp3) is 0.500. The number of hydrogen-bond acceptors (Lipinski definition) is 3. The molecule has 2 heterocycles. The summed E-state index contributed by atoms with van der Waals surface area (Å²) in [5.74, 6) is -6.41. The van der Waals surface area contributed by atoms with E-state index in [2.05, 4.69) is 10.3 Å². The Morgan fingerprint density at radius 1 is 1.18 bits per heavy atom. The second-order valence-electron chi connectivity index (χ2n) is 4.18. The van der Waals surface area contributed by atoms with Crippen LogP contribution in [0.5, 0.6) is 0 Å². The molecule has 1 aliphatic heterocycles. The van der Waals surface area contributed by atoms with E-state index in [1.807, 2.05) is 0 Å². The van der Waals surface area contributed by atoms with Crippen LogP contribution in [0.1, 0.15) is 13.3 Å². The lowest BCUT2D eigenvalue weighted by Gasteiger charge is -2.25. The van der Waals surface area contributed by atoms with Crippen molar-refractivity contribution in [2.24, 2.45) is 0 Å². The lowest BCUT2D eigenvalue weighted by Crippen LogP contribution is -2.36. The summed E-state index contributed by atoms with van der Waals surface area (Å²) in [7, 11) is 0. The fourth-order valence-electron chi connectivity index (χ4n) is 1.66. The van der Waals surface area contributed by atoms with Gasteiger partial charge in [0.2, 0.25) is 11.6 Å². The zero-order valence-corrected chi connectivity index (χ0v) is 8.99. The largest absolute Gasteiger partial charge is 0.379 e. The van der Waals surface area contributed by atoms with Crippen LogP contribution >= 0.6 is 0 Å². The molecule has 0 radical (unpaired) electrons. The zero-order valence-electron chi connectivity index (χ0n) is 8.99. The zero-order chi connectivity index (χ0) is 12.6. The Hall–Kier alpha value is -1.37. The average Bonchev–Trinajstić information content (AvgIpc) is 2.69. The van der Waals surface area contributed by atoms with E-state index in [0.717, 1.165) is 0 Å². The van der Waals surface area contributed by atoms with Crippen LogP contribution in [0.3, 0.4) is 0 Å². The third kappa shape index (κ3) is 2.19. The molecule has 1 aromatic rings. The summed E-state index contributed by atoms with van der Waals surface area (Å²) in [5, 5.41) is 2.44. The first kappa shape index (κ1) is 12.1. The minimum atomic E-state index is -1.67. The maximum Gasteiger partial charge on any atom is 0.253 e. The quantitative estimate of drug-likeness (QED) is 0.645. The molecule has 17 heavy (non-hydrogen) atoms. The van der Waals surface area contributed by atoms with E-state index in [1.165, 1.54) is 0 Å². The molecule has 2 rings (SSSR count). The number of pyridine rings is 1. The molecule has 1 aromatic heterocycles. The van der Waals surface area contributed by atoms with Crippen molar-refractivity contribution in [2.45, 2.75) is 18.9 Å². The van der Waals surface area contributed by atoms with Gasteiger partial charge in [-0.3, -0.25) is 0 Å². The Morgan fingerprint density at radius 2 is 1.76 bits per heavy atom. The number of ether oxygens (including phenoxy) is 1. The van der Waals surface area contributed by atoms with E-state index in [0.29, 0.717) is 13.0 Å². The Balaban J connectivity index is 2.38. The predicted molar refractivity (Wildman–Crippen MR) is 51.5 cm³/mol. The molecule has 0 bridgehead atoms. The van der Waals surface area contributed by atoms with E-state index >= 15 is 0 Å². The number of aromatic nitrogens is 1. The Morgan fingerprint density at radius 3 is 2.24 bits per heavy atom. The van der Waals surface area contributed by atoms with Crippen LogP contribution in [0.4, 0.5) is 23.2 Å². The summed E-state index contributed by atoms with van der Waals surface area (Å²) in [6, 6.07) is 0. The minimum absolute atomic E-state index is 0.206. The molecule has 1 fully saturated rings.